The average Bonchev–Trinajstić information content (AvgIpc) is 2.42. The summed E-state index contributed by atoms with van der Waals surface area (Å²) in [5.41, 5.74) is 0.681. The van der Waals surface area contributed by atoms with Crippen LogP contribution in [0.4, 0.5) is 10.5 Å². The number of rotatable bonds is 5. The van der Waals surface area contributed by atoms with Gasteiger partial charge in [0.25, 0.3) is 0 Å². The lowest BCUT2D eigenvalue weighted by atomic mass is 10.2. The van der Waals surface area contributed by atoms with E-state index in [0.29, 0.717) is 18.7 Å². The van der Waals surface area contributed by atoms with Gasteiger partial charge in [-0.25, -0.2) is 4.79 Å². The first-order valence-electron chi connectivity index (χ1n) is 5.87. The van der Waals surface area contributed by atoms with Gasteiger partial charge in [0, 0.05) is 18.7 Å². The molecule has 20 heavy (non-hydrogen) atoms. The second kappa shape index (κ2) is 7.72. The summed E-state index contributed by atoms with van der Waals surface area (Å²) in [6.07, 6.45) is -0.0642. The normalized spacial score (nSPS) is 11.0. The number of carbonyl (C=O) groups is 2. The van der Waals surface area contributed by atoms with Gasteiger partial charge >= 0.3 is 6.09 Å². The number of ketones is 1. The minimum atomic E-state index is -1.91. The van der Waals surface area contributed by atoms with Gasteiger partial charge in [0.05, 0.1) is 7.11 Å². The van der Waals surface area contributed by atoms with Gasteiger partial charge in [0.1, 0.15) is 0 Å². The van der Waals surface area contributed by atoms with Gasteiger partial charge in [-0.1, -0.05) is 53.0 Å². The summed E-state index contributed by atoms with van der Waals surface area (Å²) in [5, 5.41) is 0. The van der Waals surface area contributed by atoms with Crippen LogP contribution in [-0.2, 0) is 9.53 Å². The number of Topliss-reactive ketones (excluding diaryl/α,β-unsaturated/α-hetero) is 1. The Morgan fingerprint density at radius 2 is 1.80 bits per heavy atom. The highest BCUT2D eigenvalue weighted by Crippen LogP contribution is 2.29. The van der Waals surface area contributed by atoms with Crippen LogP contribution in [0.3, 0.4) is 0 Å². The Kier molecular flexibility index (Phi) is 6.59. The molecule has 0 N–H and O–H groups in total. The Hall–Kier alpha value is -0.970. The molecule has 0 aliphatic heterocycles. The number of alkyl halides is 3. The van der Waals surface area contributed by atoms with Crippen LogP contribution in [0.25, 0.3) is 0 Å². The van der Waals surface area contributed by atoms with E-state index in [1.54, 1.807) is 24.3 Å². The van der Waals surface area contributed by atoms with Gasteiger partial charge in [-0.05, 0) is 18.6 Å². The van der Waals surface area contributed by atoms with Crippen LogP contribution >= 0.6 is 34.8 Å². The zero-order valence-corrected chi connectivity index (χ0v) is 13.1. The van der Waals surface area contributed by atoms with Gasteiger partial charge in [-0.3, -0.25) is 9.69 Å². The number of hydrogen-bond acceptors (Lipinski definition) is 3. The van der Waals surface area contributed by atoms with Crippen LogP contribution < -0.4 is 4.90 Å². The van der Waals surface area contributed by atoms with Crippen LogP contribution in [0.1, 0.15) is 12.8 Å². The number of benzene rings is 1. The van der Waals surface area contributed by atoms with Crippen molar-refractivity contribution in [2.75, 3.05) is 18.6 Å². The third-order valence-electron chi connectivity index (χ3n) is 2.56. The van der Waals surface area contributed by atoms with Crippen LogP contribution in [0.2, 0.25) is 0 Å². The van der Waals surface area contributed by atoms with Crippen molar-refractivity contribution in [2.45, 2.75) is 16.6 Å². The highest BCUT2D eigenvalue weighted by atomic mass is 35.6. The van der Waals surface area contributed by atoms with E-state index in [2.05, 4.69) is 0 Å². The zero-order chi connectivity index (χ0) is 15.2. The maximum atomic E-state index is 11.7. The SMILES string of the molecule is COC(=O)N(CCCC(=O)C(Cl)(Cl)Cl)c1ccccc1. The summed E-state index contributed by atoms with van der Waals surface area (Å²) in [6.45, 7) is 0.295. The van der Waals surface area contributed by atoms with Crippen LogP contribution in [0, 0.1) is 0 Å². The van der Waals surface area contributed by atoms with Crippen molar-refractivity contribution in [3.05, 3.63) is 30.3 Å². The topological polar surface area (TPSA) is 46.6 Å². The van der Waals surface area contributed by atoms with Gasteiger partial charge in [-0.2, -0.15) is 0 Å². The third kappa shape index (κ3) is 5.19. The summed E-state index contributed by atoms with van der Waals surface area (Å²) in [7, 11) is 1.30. The minimum Gasteiger partial charge on any atom is -0.452 e. The molecular weight excluding hydrogens is 325 g/mol. The number of amides is 1. The Labute approximate surface area is 132 Å². The molecule has 1 rings (SSSR count). The fourth-order valence-electron chi connectivity index (χ4n) is 1.58. The molecule has 0 saturated carbocycles. The second-order valence-electron chi connectivity index (χ2n) is 3.98. The largest absolute Gasteiger partial charge is 0.452 e. The number of ether oxygens (including phenoxy) is 1. The van der Waals surface area contributed by atoms with Crippen molar-refractivity contribution >= 4 is 52.4 Å². The first kappa shape index (κ1) is 17.1. The molecular formula is C13H14Cl3NO3. The molecule has 0 atom stereocenters. The van der Waals surface area contributed by atoms with E-state index >= 15 is 0 Å². The van der Waals surface area contributed by atoms with Gasteiger partial charge in [-0.15, -0.1) is 0 Å². The lowest BCUT2D eigenvalue weighted by molar-refractivity contribution is -0.118. The molecule has 0 bridgehead atoms. The molecule has 4 nitrogen and oxygen atoms in total. The maximum Gasteiger partial charge on any atom is 0.413 e. The first-order valence-corrected chi connectivity index (χ1v) is 7.00. The fourth-order valence-corrected chi connectivity index (χ4v) is 1.87. The molecule has 1 aromatic rings. The number of anilines is 1. The van der Waals surface area contributed by atoms with Crippen molar-refractivity contribution in [1.29, 1.82) is 0 Å². The number of para-hydroxylation sites is 1. The van der Waals surface area contributed by atoms with Crippen LogP contribution in [0.5, 0.6) is 0 Å². The Bertz CT molecular complexity index is 460. The Morgan fingerprint density at radius 1 is 1.20 bits per heavy atom. The van der Waals surface area contributed by atoms with E-state index in [0.717, 1.165) is 0 Å². The van der Waals surface area contributed by atoms with Crippen LogP contribution in [-0.4, -0.2) is 29.3 Å². The van der Waals surface area contributed by atoms with E-state index in [-0.39, 0.29) is 6.42 Å². The number of hydrogen-bond donors (Lipinski definition) is 0. The lowest BCUT2D eigenvalue weighted by Gasteiger charge is -2.21. The number of methoxy groups -OCH3 is 1. The molecule has 0 spiro atoms. The molecule has 1 aromatic carbocycles. The maximum absolute atomic E-state index is 11.7. The van der Waals surface area contributed by atoms with E-state index in [1.165, 1.54) is 12.0 Å². The molecule has 0 aliphatic carbocycles. The van der Waals surface area contributed by atoms with Gasteiger partial charge < -0.3 is 4.74 Å². The van der Waals surface area contributed by atoms with Gasteiger partial charge in [0.2, 0.25) is 3.79 Å². The van der Waals surface area contributed by atoms with E-state index in [1.807, 2.05) is 6.07 Å². The summed E-state index contributed by atoms with van der Waals surface area (Å²) in [4.78, 5) is 24.6. The minimum absolute atomic E-state index is 0.0663. The standard InChI is InChI=1S/C13H14Cl3NO3/c1-20-12(19)17(10-6-3-2-4-7-10)9-5-8-11(18)13(14,15)16/h2-4,6-7H,5,8-9H2,1H3. The van der Waals surface area contributed by atoms with Crippen molar-refractivity contribution in [3.63, 3.8) is 0 Å². The number of nitrogens with zero attached hydrogens (tertiary/aromatic N) is 1. The van der Waals surface area contributed by atoms with E-state index in [4.69, 9.17) is 39.5 Å². The average molecular weight is 339 g/mol. The highest BCUT2D eigenvalue weighted by Gasteiger charge is 2.29. The summed E-state index contributed by atoms with van der Waals surface area (Å²) in [5.74, 6) is -0.500. The molecule has 0 saturated heterocycles. The number of carbonyl (C=O) groups excluding carboxylic acids is 2. The van der Waals surface area contributed by atoms with E-state index < -0.39 is 15.7 Å². The third-order valence-corrected chi connectivity index (χ3v) is 3.20. The first-order chi connectivity index (χ1) is 9.36. The molecule has 1 amide bonds. The molecule has 0 fully saturated rings. The molecule has 0 aliphatic rings. The molecule has 0 unspecified atom stereocenters. The highest BCUT2D eigenvalue weighted by molar-refractivity contribution is 6.76. The zero-order valence-electron chi connectivity index (χ0n) is 10.8. The lowest BCUT2D eigenvalue weighted by Crippen LogP contribution is -2.32. The molecule has 0 heterocycles. The summed E-state index contributed by atoms with van der Waals surface area (Å²) >= 11 is 16.4. The van der Waals surface area contributed by atoms with Gasteiger partial charge in [0.15, 0.2) is 5.78 Å². The van der Waals surface area contributed by atoms with Crippen molar-refractivity contribution in [1.82, 2.24) is 0 Å². The Balaban J connectivity index is 2.64. The number of halogens is 3. The predicted molar refractivity (Wildman–Crippen MR) is 80.7 cm³/mol. The van der Waals surface area contributed by atoms with E-state index in [9.17, 15) is 9.59 Å². The summed E-state index contributed by atoms with van der Waals surface area (Å²) < 4.78 is 2.80. The quantitative estimate of drug-likeness (QED) is 0.763. The Morgan fingerprint density at radius 3 is 2.30 bits per heavy atom. The molecule has 0 radical (unpaired) electrons. The molecule has 7 heteroatoms. The summed E-state index contributed by atoms with van der Waals surface area (Å²) in [6, 6.07) is 8.99. The predicted octanol–water partition coefficient (Wildman–Crippen LogP) is 3.98. The molecule has 110 valence electrons. The fraction of sp³-hybridized carbons (Fsp3) is 0.385. The second-order valence-corrected chi connectivity index (χ2v) is 6.26. The smallest absolute Gasteiger partial charge is 0.413 e. The monoisotopic (exact) mass is 337 g/mol. The van der Waals surface area contributed by atoms with Crippen LogP contribution in [0.15, 0.2) is 30.3 Å². The molecule has 0 aromatic heterocycles. The van der Waals surface area contributed by atoms with Crippen molar-refractivity contribution < 1.29 is 14.3 Å². The van der Waals surface area contributed by atoms with Crippen molar-refractivity contribution in [3.8, 4) is 0 Å². The van der Waals surface area contributed by atoms with Crippen molar-refractivity contribution in [2.24, 2.45) is 0 Å².